The molecular formula is C19H16N2O4. The average molecular weight is 336 g/mol. The highest BCUT2D eigenvalue weighted by Gasteiger charge is 2.13. The summed E-state index contributed by atoms with van der Waals surface area (Å²) in [7, 11) is 1.50. The maximum atomic E-state index is 12.2. The van der Waals surface area contributed by atoms with Crippen molar-refractivity contribution in [2.24, 2.45) is 0 Å². The second-order valence-corrected chi connectivity index (χ2v) is 5.17. The van der Waals surface area contributed by atoms with Crippen molar-refractivity contribution in [2.45, 2.75) is 0 Å². The van der Waals surface area contributed by atoms with Gasteiger partial charge in [-0.25, -0.2) is 0 Å². The van der Waals surface area contributed by atoms with Crippen molar-refractivity contribution in [3.05, 3.63) is 78.3 Å². The Bertz CT molecular complexity index is 874. The zero-order chi connectivity index (χ0) is 17.6. The minimum atomic E-state index is -0.408. The van der Waals surface area contributed by atoms with Crippen LogP contribution in [0.4, 0.5) is 11.4 Å². The molecule has 1 aromatic heterocycles. The number of hydrogen-bond acceptors (Lipinski definition) is 4. The molecule has 2 N–H and O–H groups in total. The molecule has 2 aromatic carbocycles. The van der Waals surface area contributed by atoms with Crippen LogP contribution in [0.1, 0.15) is 20.9 Å². The van der Waals surface area contributed by atoms with E-state index >= 15 is 0 Å². The number of rotatable bonds is 5. The molecule has 0 atom stereocenters. The van der Waals surface area contributed by atoms with Crippen LogP contribution in [0.25, 0.3) is 0 Å². The van der Waals surface area contributed by atoms with Crippen molar-refractivity contribution >= 4 is 23.2 Å². The normalized spacial score (nSPS) is 10.1. The van der Waals surface area contributed by atoms with Crippen LogP contribution in [0.3, 0.4) is 0 Å². The first-order valence-corrected chi connectivity index (χ1v) is 7.56. The van der Waals surface area contributed by atoms with Gasteiger partial charge in [0.05, 0.1) is 19.1 Å². The first-order valence-electron chi connectivity index (χ1n) is 7.56. The maximum Gasteiger partial charge on any atom is 0.291 e. The molecule has 3 rings (SSSR count). The van der Waals surface area contributed by atoms with Crippen molar-refractivity contribution < 1.29 is 18.7 Å². The molecular weight excluding hydrogens is 320 g/mol. The summed E-state index contributed by atoms with van der Waals surface area (Å²) in [4.78, 5) is 24.4. The van der Waals surface area contributed by atoms with Crippen LogP contribution in [0.2, 0.25) is 0 Å². The van der Waals surface area contributed by atoms with E-state index in [1.807, 2.05) is 6.07 Å². The van der Waals surface area contributed by atoms with E-state index in [9.17, 15) is 9.59 Å². The largest absolute Gasteiger partial charge is 0.495 e. The molecule has 0 saturated heterocycles. The molecule has 6 nitrogen and oxygen atoms in total. The Kier molecular flexibility index (Phi) is 4.80. The second-order valence-electron chi connectivity index (χ2n) is 5.17. The van der Waals surface area contributed by atoms with Gasteiger partial charge < -0.3 is 19.8 Å². The highest BCUT2D eigenvalue weighted by Crippen LogP contribution is 2.28. The lowest BCUT2D eigenvalue weighted by Crippen LogP contribution is -2.14. The van der Waals surface area contributed by atoms with Gasteiger partial charge in [0.25, 0.3) is 11.8 Å². The summed E-state index contributed by atoms with van der Waals surface area (Å²) in [5.41, 5.74) is 1.50. The Morgan fingerprint density at radius 3 is 2.40 bits per heavy atom. The fourth-order valence-corrected chi connectivity index (χ4v) is 2.27. The van der Waals surface area contributed by atoms with Crippen LogP contribution in [0.15, 0.2) is 71.3 Å². The van der Waals surface area contributed by atoms with E-state index in [0.717, 1.165) is 0 Å². The Morgan fingerprint density at radius 2 is 1.72 bits per heavy atom. The number of ether oxygens (including phenoxy) is 1. The van der Waals surface area contributed by atoms with Crippen LogP contribution in [0.5, 0.6) is 5.75 Å². The second kappa shape index (κ2) is 7.35. The molecule has 0 bridgehead atoms. The van der Waals surface area contributed by atoms with E-state index in [-0.39, 0.29) is 11.7 Å². The van der Waals surface area contributed by atoms with E-state index < -0.39 is 5.91 Å². The van der Waals surface area contributed by atoms with Crippen molar-refractivity contribution in [2.75, 3.05) is 17.7 Å². The Morgan fingerprint density at radius 1 is 0.920 bits per heavy atom. The third-order valence-electron chi connectivity index (χ3n) is 3.49. The molecule has 6 heteroatoms. The summed E-state index contributed by atoms with van der Waals surface area (Å²) in [6, 6.07) is 17.0. The van der Waals surface area contributed by atoms with Gasteiger partial charge in [0.2, 0.25) is 0 Å². The number of amides is 2. The third-order valence-corrected chi connectivity index (χ3v) is 3.49. The number of methoxy groups -OCH3 is 1. The number of benzene rings is 2. The SMILES string of the molecule is COc1ccc(NC(=O)c2ccccc2)cc1NC(=O)c1ccco1. The van der Waals surface area contributed by atoms with Crippen LogP contribution in [-0.4, -0.2) is 18.9 Å². The van der Waals surface area contributed by atoms with Gasteiger partial charge in [-0.05, 0) is 42.5 Å². The molecule has 0 unspecified atom stereocenters. The Labute approximate surface area is 144 Å². The van der Waals surface area contributed by atoms with Crippen LogP contribution < -0.4 is 15.4 Å². The molecule has 0 saturated carbocycles. The van der Waals surface area contributed by atoms with Gasteiger partial charge in [-0.1, -0.05) is 18.2 Å². The van der Waals surface area contributed by atoms with Gasteiger partial charge in [0.1, 0.15) is 5.75 Å². The predicted octanol–water partition coefficient (Wildman–Crippen LogP) is 3.79. The lowest BCUT2D eigenvalue weighted by atomic mass is 10.2. The monoisotopic (exact) mass is 336 g/mol. The number of anilines is 2. The summed E-state index contributed by atoms with van der Waals surface area (Å²) in [6.07, 6.45) is 1.42. The van der Waals surface area contributed by atoms with Crippen molar-refractivity contribution in [3.8, 4) is 5.75 Å². The molecule has 126 valence electrons. The topological polar surface area (TPSA) is 80.6 Å². The summed E-state index contributed by atoms with van der Waals surface area (Å²) < 4.78 is 10.3. The van der Waals surface area contributed by atoms with Gasteiger partial charge >= 0.3 is 0 Å². The van der Waals surface area contributed by atoms with Gasteiger partial charge in [0.15, 0.2) is 5.76 Å². The molecule has 0 spiro atoms. The Balaban J connectivity index is 1.80. The quantitative estimate of drug-likeness (QED) is 0.743. The molecule has 0 fully saturated rings. The van der Waals surface area contributed by atoms with Crippen LogP contribution in [0, 0.1) is 0 Å². The molecule has 25 heavy (non-hydrogen) atoms. The molecule has 1 heterocycles. The first kappa shape index (κ1) is 16.3. The van der Waals surface area contributed by atoms with E-state index in [1.54, 1.807) is 54.6 Å². The molecule has 3 aromatic rings. The maximum absolute atomic E-state index is 12.2. The molecule has 0 aliphatic rings. The van der Waals surface area contributed by atoms with E-state index in [2.05, 4.69) is 10.6 Å². The number of nitrogens with one attached hydrogen (secondary N) is 2. The highest BCUT2D eigenvalue weighted by molar-refractivity contribution is 6.06. The smallest absolute Gasteiger partial charge is 0.291 e. The molecule has 0 aliphatic carbocycles. The van der Waals surface area contributed by atoms with E-state index in [0.29, 0.717) is 22.7 Å². The van der Waals surface area contributed by atoms with Crippen molar-refractivity contribution in [3.63, 3.8) is 0 Å². The molecule has 0 aliphatic heterocycles. The minimum Gasteiger partial charge on any atom is -0.495 e. The number of carbonyl (C=O) groups is 2. The summed E-state index contributed by atoms with van der Waals surface area (Å²) in [5, 5.41) is 5.50. The number of hydrogen-bond donors (Lipinski definition) is 2. The summed E-state index contributed by atoms with van der Waals surface area (Å²) in [5.74, 6) is 0.00214. The van der Waals surface area contributed by atoms with Gasteiger partial charge in [-0.15, -0.1) is 0 Å². The van der Waals surface area contributed by atoms with Gasteiger partial charge in [0, 0.05) is 11.3 Å². The zero-order valence-electron chi connectivity index (χ0n) is 13.5. The van der Waals surface area contributed by atoms with Crippen LogP contribution >= 0.6 is 0 Å². The fourth-order valence-electron chi connectivity index (χ4n) is 2.27. The van der Waals surface area contributed by atoms with Gasteiger partial charge in [-0.2, -0.15) is 0 Å². The standard InChI is InChI=1S/C19H16N2O4/c1-24-16-10-9-14(20-18(22)13-6-3-2-4-7-13)12-15(16)21-19(23)17-8-5-11-25-17/h2-12H,1H3,(H,20,22)(H,21,23). The number of carbonyl (C=O) groups excluding carboxylic acids is 2. The van der Waals surface area contributed by atoms with Crippen molar-refractivity contribution in [1.29, 1.82) is 0 Å². The van der Waals surface area contributed by atoms with Crippen LogP contribution in [-0.2, 0) is 0 Å². The summed E-state index contributed by atoms with van der Waals surface area (Å²) >= 11 is 0. The third kappa shape index (κ3) is 3.87. The van der Waals surface area contributed by atoms with Gasteiger partial charge in [-0.3, -0.25) is 9.59 Å². The van der Waals surface area contributed by atoms with E-state index in [4.69, 9.17) is 9.15 Å². The highest BCUT2D eigenvalue weighted by atomic mass is 16.5. The lowest BCUT2D eigenvalue weighted by Gasteiger charge is -2.12. The van der Waals surface area contributed by atoms with Crippen molar-refractivity contribution in [1.82, 2.24) is 0 Å². The molecule has 0 radical (unpaired) electrons. The predicted molar refractivity (Wildman–Crippen MR) is 94.1 cm³/mol. The first-order chi connectivity index (χ1) is 12.2. The lowest BCUT2D eigenvalue weighted by molar-refractivity contribution is 0.0994. The van der Waals surface area contributed by atoms with E-state index in [1.165, 1.54) is 13.4 Å². The fraction of sp³-hybridized carbons (Fsp3) is 0.0526. The Hall–Kier alpha value is -3.54. The number of furan rings is 1. The zero-order valence-corrected chi connectivity index (χ0v) is 13.5. The minimum absolute atomic E-state index is 0.181. The molecule has 2 amide bonds. The summed E-state index contributed by atoms with van der Waals surface area (Å²) in [6.45, 7) is 0. The average Bonchev–Trinajstić information content (AvgIpc) is 3.17.